The summed E-state index contributed by atoms with van der Waals surface area (Å²) in [6.07, 6.45) is 0.955. The number of anilines is 1. The molecule has 4 nitrogen and oxygen atoms in total. The highest BCUT2D eigenvalue weighted by molar-refractivity contribution is 14.1. The maximum absolute atomic E-state index is 5.26. The minimum absolute atomic E-state index is 0.650. The summed E-state index contributed by atoms with van der Waals surface area (Å²) in [4.78, 5) is 5.26. The minimum atomic E-state index is 0.650. The molecule has 5 heteroatoms. The van der Waals surface area contributed by atoms with Crippen molar-refractivity contribution in [3.8, 4) is 11.5 Å². The molecular weight excluding hydrogens is 321 g/mol. The molecule has 0 radical (unpaired) electrons. The quantitative estimate of drug-likeness (QED) is 0.492. The fourth-order valence-electron chi connectivity index (χ4n) is 1.17. The van der Waals surface area contributed by atoms with Gasteiger partial charge in [0.05, 0.1) is 24.4 Å². The predicted molar refractivity (Wildman–Crippen MR) is 72.1 cm³/mol. The monoisotopic (exact) mass is 337 g/mol. The van der Waals surface area contributed by atoms with Crippen molar-refractivity contribution in [2.75, 3.05) is 26.3 Å². The van der Waals surface area contributed by atoms with E-state index in [0.717, 1.165) is 27.2 Å². The molecule has 0 aromatic heterocycles. The Balaban J connectivity index is 2.86. The lowest BCUT2D eigenvalue weighted by Gasteiger charge is -2.13. The lowest BCUT2D eigenvalue weighted by molar-refractivity contribution is 0.193. The maximum Gasteiger partial charge on any atom is 0.145 e. The Bertz CT molecular complexity index is 344. The third-order valence-electron chi connectivity index (χ3n) is 1.96. The van der Waals surface area contributed by atoms with Crippen LogP contribution in [0, 0.1) is 3.57 Å². The van der Waals surface area contributed by atoms with Gasteiger partial charge in [-0.15, -0.1) is 0 Å². The SMILES string of the molecule is CCCONc1cc(OC)c(I)cc1OC. The van der Waals surface area contributed by atoms with Crippen LogP contribution in [0.3, 0.4) is 0 Å². The van der Waals surface area contributed by atoms with Crippen LogP contribution < -0.4 is 15.0 Å². The summed E-state index contributed by atoms with van der Waals surface area (Å²) in [6, 6.07) is 3.76. The molecule has 0 saturated heterocycles. The summed E-state index contributed by atoms with van der Waals surface area (Å²) in [7, 11) is 3.27. The van der Waals surface area contributed by atoms with Crippen molar-refractivity contribution in [3.63, 3.8) is 0 Å². The van der Waals surface area contributed by atoms with E-state index in [-0.39, 0.29) is 0 Å². The molecule has 0 aliphatic heterocycles. The second-order valence-corrected chi connectivity index (χ2v) is 4.30. The van der Waals surface area contributed by atoms with Gasteiger partial charge in [-0.25, -0.2) is 0 Å². The molecule has 90 valence electrons. The van der Waals surface area contributed by atoms with Crippen LogP contribution in [0.25, 0.3) is 0 Å². The largest absolute Gasteiger partial charge is 0.496 e. The summed E-state index contributed by atoms with van der Waals surface area (Å²) in [5.74, 6) is 1.53. The van der Waals surface area contributed by atoms with Gasteiger partial charge < -0.3 is 9.47 Å². The van der Waals surface area contributed by atoms with Gasteiger partial charge in [-0.05, 0) is 35.1 Å². The van der Waals surface area contributed by atoms with Gasteiger partial charge in [0.2, 0.25) is 0 Å². The van der Waals surface area contributed by atoms with Crippen LogP contribution in [0.15, 0.2) is 12.1 Å². The van der Waals surface area contributed by atoms with Crippen molar-refractivity contribution in [3.05, 3.63) is 15.7 Å². The van der Waals surface area contributed by atoms with Crippen LogP contribution in [-0.2, 0) is 4.84 Å². The third kappa shape index (κ3) is 3.41. The standard InChI is InChI=1S/C11H16INO3/c1-4-5-16-13-9-7-10(14-2)8(12)6-11(9)15-3/h6-7,13H,4-5H2,1-3H3. The van der Waals surface area contributed by atoms with E-state index >= 15 is 0 Å². The van der Waals surface area contributed by atoms with Gasteiger partial charge in [0.25, 0.3) is 0 Å². The van der Waals surface area contributed by atoms with Crippen molar-refractivity contribution in [1.29, 1.82) is 0 Å². The molecule has 0 saturated carbocycles. The summed E-state index contributed by atoms with van der Waals surface area (Å²) < 4.78 is 11.5. The van der Waals surface area contributed by atoms with E-state index in [9.17, 15) is 0 Å². The van der Waals surface area contributed by atoms with Gasteiger partial charge in [0, 0.05) is 6.07 Å². The van der Waals surface area contributed by atoms with Gasteiger partial charge in [-0.1, -0.05) is 6.92 Å². The van der Waals surface area contributed by atoms with Crippen molar-refractivity contribution in [2.24, 2.45) is 0 Å². The second-order valence-electron chi connectivity index (χ2n) is 3.14. The first-order chi connectivity index (χ1) is 7.72. The fraction of sp³-hybridized carbons (Fsp3) is 0.455. The molecule has 0 fully saturated rings. The first kappa shape index (κ1) is 13.4. The topological polar surface area (TPSA) is 39.7 Å². The number of ether oxygens (including phenoxy) is 2. The van der Waals surface area contributed by atoms with Gasteiger partial charge in [-0.3, -0.25) is 10.3 Å². The highest BCUT2D eigenvalue weighted by atomic mass is 127. The summed E-state index contributed by atoms with van der Waals surface area (Å²) in [5, 5.41) is 0. The first-order valence-corrected chi connectivity index (χ1v) is 6.10. The predicted octanol–water partition coefficient (Wildman–Crippen LogP) is 3.06. The van der Waals surface area contributed by atoms with Gasteiger partial charge in [-0.2, -0.15) is 0 Å². The van der Waals surface area contributed by atoms with Crippen molar-refractivity contribution < 1.29 is 14.3 Å². The maximum atomic E-state index is 5.26. The Hall–Kier alpha value is -0.690. The summed E-state index contributed by atoms with van der Waals surface area (Å²) in [6.45, 7) is 2.70. The average Bonchev–Trinajstić information content (AvgIpc) is 2.30. The normalized spacial score (nSPS) is 10.0. The van der Waals surface area contributed by atoms with Crippen LogP contribution in [0.4, 0.5) is 5.69 Å². The van der Waals surface area contributed by atoms with Gasteiger partial charge in [0.15, 0.2) is 0 Å². The van der Waals surface area contributed by atoms with E-state index in [1.807, 2.05) is 19.1 Å². The number of halogens is 1. The highest BCUT2D eigenvalue weighted by Gasteiger charge is 2.09. The smallest absolute Gasteiger partial charge is 0.145 e. The number of rotatable bonds is 6. The molecule has 0 aliphatic carbocycles. The Kier molecular flexibility index (Phi) is 5.68. The van der Waals surface area contributed by atoms with Crippen molar-refractivity contribution >= 4 is 28.3 Å². The molecule has 0 heterocycles. The van der Waals surface area contributed by atoms with E-state index in [1.165, 1.54) is 0 Å². The fourth-order valence-corrected chi connectivity index (χ4v) is 1.83. The average molecular weight is 337 g/mol. The van der Waals surface area contributed by atoms with Crippen LogP contribution in [0.2, 0.25) is 0 Å². The second kappa shape index (κ2) is 6.80. The zero-order chi connectivity index (χ0) is 12.0. The Morgan fingerprint density at radius 3 is 2.44 bits per heavy atom. The zero-order valence-corrected chi connectivity index (χ0v) is 11.8. The Morgan fingerprint density at radius 2 is 1.88 bits per heavy atom. The molecule has 0 bridgehead atoms. The van der Waals surface area contributed by atoms with E-state index in [4.69, 9.17) is 14.3 Å². The molecule has 1 aromatic carbocycles. The van der Waals surface area contributed by atoms with Crippen LogP contribution in [0.1, 0.15) is 13.3 Å². The molecule has 0 spiro atoms. The molecule has 0 amide bonds. The number of hydrogen-bond acceptors (Lipinski definition) is 4. The third-order valence-corrected chi connectivity index (χ3v) is 2.81. The van der Waals surface area contributed by atoms with Crippen LogP contribution in [-0.4, -0.2) is 20.8 Å². The summed E-state index contributed by atoms with van der Waals surface area (Å²) in [5.41, 5.74) is 3.63. The number of hydrogen-bond donors (Lipinski definition) is 1. The zero-order valence-electron chi connectivity index (χ0n) is 9.67. The number of methoxy groups -OCH3 is 2. The lowest BCUT2D eigenvalue weighted by atomic mass is 10.3. The first-order valence-electron chi connectivity index (χ1n) is 5.02. The molecule has 1 rings (SSSR count). The Morgan fingerprint density at radius 1 is 1.19 bits per heavy atom. The lowest BCUT2D eigenvalue weighted by Crippen LogP contribution is -2.04. The minimum Gasteiger partial charge on any atom is -0.496 e. The van der Waals surface area contributed by atoms with Gasteiger partial charge in [0.1, 0.15) is 17.2 Å². The van der Waals surface area contributed by atoms with Crippen molar-refractivity contribution in [2.45, 2.75) is 13.3 Å². The highest BCUT2D eigenvalue weighted by Crippen LogP contribution is 2.33. The number of benzene rings is 1. The molecule has 1 aromatic rings. The molecule has 1 N–H and O–H groups in total. The van der Waals surface area contributed by atoms with Crippen LogP contribution in [0.5, 0.6) is 11.5 Å². The van der Waals surface area contributed by atoms with Crippen molar-refractivity contribution in [1.82, 2.24) is 0 Å². The van der Waals surface area contributed by atoms with E-state index in [2.05, 4.69) is 28.1 Å². The molecular formula is C11H16INO3. The molecule has 0 atom stereocenters. The Labute approximate surface area is 109 Å². The van der Waals surface area contributed by atoms with E-state index in [0.29, 0.717) is 6.61 Å². The number of nitrogens with one attached hydrogen (secondary N) is 1. The van der Waals surface area contributed by atoms with Gasteiger partial charge >= 0.3 is 0 Å². The molecule has 16 heavy (non-hydrogen) atoms. The molecule has 0 aliphatic rings. The van der Waals surface area contributed by atoms with E-state index < -0.39 is 0 Å². The van der Waals surface area contributed by atoms with E-state index in [1.54, 1.807) is 14.2 Å². The summed E-state index contributed by atoms with van der Waals surface area (Å²) >= 11 is 2.20. The molecule has 0 unspecified atom stereocenters. The van der Waals surface area contributed by atoms with Crippen LogP contribution >= 0.6 is 22.6 Å².